The molecule has 3 rings (SSSR count). The fourth-order valence-corrected chi connectivity index (χ4v) is 2.87. The number of pyridine rings is 1. The normalized spacial score (nSPS) is 22.9. The van der Waals surface area contributed by atoms with E-state index < -0.39 is 0 Å². The van der Waals surface area contributed by atoms with Crippen LogP contribution >= 0.6 is 0 Å². The molecule has 1 aromatic rings. The Morgan fingerprint density at radius 1 is 1.38 bits per heavy atom. The molecule has 1 unspecified atom stereocenters. The van der Waals surface area contributed by atoms with E-state index in [2.05, 4.69) is 17.2 Å². The second-order valence-electron chi connectivity index (χ2n) is 5.86. The van der Waals surface area contributed by atoms with E-state index in [9.17, 15) is 9.59 Å². The Bertz CT molecular complexity index is 554. The highest BCUT2D eigenvalue weighted by atomic mass is 16.2. The van der Waals surface area contributed by atoms with E-state index in [4.69, 9.17) is 0 Å². The van der Waals surface area contributed by atoms with Crippen molar-refractivity contribution < 1.29 is 9.59 Å². The van der Waals surface area contributed by atoms with Gasteiger partial charge in [-0.05, 0) is 36.8 Å². The van der Waals surface area contributed by atoms with Gasteiger partial charge in [0.2, 0.25) is 11.8 Å². The minimum Gasteiger partial charge on any atom is -0.344 e. The van der Waals surface area contributed by atoms with Crippen molar-refractivity contribution in [2.45, 2.75) is 45.2 Å². The van der Waals surface area contributed by atoms with Crippen LogP contribution in [0.4, 0.5) is 0 Å². The lowest BCUT2D eigenvalue weighted by atomic mass is 10.1. The predicted molar refractivity (Wildman–Crippen MR) is 78.3 cm³/mol. The van der Waals surface area contributed by atoms with Crippen LogP contribution in [-0.2, 0) is 22.6 Å². The van der Waals surface area contributed by atoms with Crippen molar-refractivity contribution in [3.63, 3.8) is 0 Å². The van der Waals surface area contributed by atoms with E-state index >= 15 is 0 Å². The van der Waals surface area contributed by atoms with Crippen LogP contribution in [-0.4, -0.2) is 34.3 Å². The Balaban J connectivity index is 1.79. The van der Waals surface area contributed by atoms with Gasteiger partial charge in [0.1, 0.15) is 6.04 Å². The van der Waals surface area contributed by atoms with Crippen LogP contribution in [0.5, 0.6) is 0 Å². The molecule has 21 heavy (non-hydrogen) atoms. The molecule has 2 aliphatic rings. The minimum atomic E-state index is -0.325. The van der Waals surface area contributed by atoms with Crippen LogP contribution in [0, 0.1) is 5.92 Å². The summed E-state index contributed by atoms with van der Waals surface area (Å²) in [7, 11) is 0. The number of nitrogens with zero attached hydrogens (tertiary/aromatic N) is 2. The molecule has 5 heteroatoms. The van der Waals surface area contributed by atoms with Crippen molar-refractivity contribution in [1.82, 2.24) is 15.2 Å². The Labute approximate surface area is 124 Å². The van der Waals surface area contributed by atoms with E-state index in [-0.39, 0.29) is 17.9 Å². The van der Waals surface area contributed by atoms with Crippen molar-refractivity contribution in [3.8, 4) is 0 Å². The molecule has 1 N–H and O–H groups in total. The fraction of sp³-hybridized carbons (Fsp3) is 0.562. The number of nitrogens with one attached hydrogen (secondary N) is 1. The molecule has 1 saturated carbocycles. The average molecular weight is 287 g/mol. The van der Waals surface area contributed by atoms with Crippen molar-refractivity contribution in [2.24, 2.45) is 5.92 Å². The number of aromatic nitrogens is 1. The Hall–Kier alpha value is -1.91. The summed E-state index contributed by atoms with van der Waals surface area (Å²) in [6, 6.07) is 3.64. The van der Waals surface area contributed by atoms with Gasteiger partial charge in [-0.3, -0.25) is 14.6 Å². The van der Waals surface area contributed by atoms with Gasteiger partial charge in [-0.15, -0.1) is 0 Å². The van der Waals surface area contributed by atoms with Crippen molar-refractivity contribution >= 4 is 11.8 Å². The summed E-state index contributed by atoms with van der Waals surface area (Å²) in [5.41, 5.74) is 2.11. The van der Waals surface area contributed by atoms with Crippen molar-refractivity contribution in [3.05, 3.63) is 29.6 Å². The summed E-state index contributed by atoms with van der Waals surface area (Å²) in [6.07, 6.45) is 5.11. The van der Waals surface area contributed by atoms with Crippen LogP contribution in [0.25, 0.3) is 0 Å². The first kappa shape index (κ1) is 14.0. The van der Waals surface area contributed by atoms with E-state index in [1.165, 1.54) is 0 Å². The molecule has 0 bridgehead atoms. The standard InChI is InChI=1S/C16H21N3O2/c1-2-11-4-3-8-17-13(11)10-19-9-7-14(20)18-15(16(19)21)12-5-6-12/h3-4,8,12,15H,2,5-7,9-10H2,1H3,(H,18,20). The molecule has 1 atom stereocenters. The quantitative estimate of drug-likeness (QED) is 0.907. The molecular weight excluding hydrogens is 266 g/mol. The molecule has 0 spiro atoms. The summed E-state index contributed by atoms with van der Waals surface area (Å²) in [6.45, 7) is 3.07. The van der Waals surface area contributed by atoms with Crippen LogP contribution in [0.3, 0.4) is 0 Å². The monoisotopic (exact) mass is 287 g/mol. The predicted octanol–water partition coefficient (Wildman–Crippen LogP) is 1.27. The van der Waals surface area contributed by atoms with Crippen LogP contribution < -0.4 is 5.32 Å². The van der Waals surface area contributed by atoms with Gasteiger partial charge in [-0.25, -0.2) is 0 Å². The lowest BCUT2D eigenvalue weighted by molar-refractivity contribution is -0.134. The third kappa shape index (κ3) is 3.06. The first-order chi connectivity index (χ1) is 10.2. The second-order valence-corrected chi connectivity index (χ2v) is 5.86. The first-order valence-corrected chi connectivity index (χ1v) is 7.70. The Kier molecular flexibility index (Phi) is 3.90. The van der Waals surface area contributed by atoms with E-state index in [1.54, 1.807) is 11.1 Å². The first-order valence-electron chi connectivity index (χ1n) is 7.70. The topological polar surface area (TPSA) is 62.3 Å². The summed E-state index contributed by atoms with van der Waals surface area (Å²) in [4.78, 5) is 30.7. The molecule has 1 aromatic heterocycles. The number of hydrogen-bond donors (Lipinski definition) is 1. The zero-order chi connectivity index (χ0) is 14.8. The molecule has 0 radical (unpaired) electrons. The smallest absolute Gasteiger partial charge is 0.245 e. The van der Waals surface area contributed by atoms with Crippen LogP contribution in [0.15, 0.2) is 18.3 Å². The zero-order valence-corrected chi connectivity index (χ0v) is 12.3. The molecule has 2 amide bonds. The highest BCUT2D eigenvalue weighted by Crippen LogP contribution is 2.34. The van der Waals surface area contributed by atoms with Gasteiger partial charge in [-0.2, -0.15) is 0 Å². The van der Waals surface area contributed by atoms with Crippen molar-refractivity contribution in [2.75, 3.05) is 6.54 Å². The molecule has 0 aromatic carbocycles. The van der Waals surface area contributed by atoms with Gasteiger partial charge >= 0.3 is 0 Å². The maximum Gasteiger partial charge on any atom is 0.245 e. The van der Waals surface area contributed by atoms with Gasteiger partial charge in [0.15, 0.2) is 0 Å². The number of carbonyl (C=O) groups excluding carboxylic acids is 2. The second kappa shape index (κ2) is 5.84. The minimum absolute atomic E-state index is 0.0144. The number of hydrogen-bond acceptors (Lipinski definition) is 3. The van der Waals surface area contributed by atoms with Crippen LogP contribution in [0.1, 0.15) is 37.4 Å². The third-order valence-electron chi connectivity index (χ3n) is 4.30. The summed E-state index contributed by atoms with van der Waals surface area (Å²) < 4.78 is 0. The van der Waals surface area contributed by atoms with Crippen LogP contribution in [0.2, 0.25) is 0 Å². The number of carbonyl (C=O) groups is 2. The van der Waals surface area contributed by atoms with Gasteiger partial charge in [0, 0.05) is 19.2 Å². The molecule has 1 saturated heterocycles. The van der Waals surface area contributed by atoms with Crippen molar-refractivity contribution in [1.29, 1.82) is 0 Å². The summed E-state index contributed by atoms with van der Waals surface area (Å²) >= 11 is 0. The Morgan fingerprint density at radius 3 is 2.90 bits per heavy atom. The molecule has 112 valence electrons. The van der Waals surface area contributed by atoms with Gasteiger partial charge in [0.25, 0.3) is 0 Å². The lowest BCUT2D eigenvalue weighted by Crippen LogP contribution is -2.45. The van der Waals surface area contributed by atoms with Gasteiger partial charge < -0.3 is 10.2 Å². The highest BCUT2D eigenvalue weighted by Gasteiger charge is 2.40. The highest BCUT2D eigenvalue weighted by molar-refractivity contribution is 5.90. The maximum absolute atomic E-state index is 12.7. The molecule has 1 aliphatic carbocycles. The average Bonchev–Trinajstić information content (AvgIpc) is 3.33. The van der Waals surface area contributed by atoms with Gasteiger partial charge in [0.05, 0.1) is 12.2 Å². The molecule has 5 nitrogen and oxygen atoms in total. The zero-order valence-electron chi connectivity index (χ0n) is 12.3. The van der Waals surface area contributed by atoms with E-state index in [1.807, 2.05) is 12.1 Å². The molecular formula is C16H21N3O2. The Morgan fingerprint density at radius 2 is 2.19 bits per heavy atom. The number of amides is 2. The van der Waals surface area contributed by atoms with Gasteiger partial charge in [-0.1, -0.05) is 13.0 Å². The summed E-state index contributed by atoms with van der Waals surface area (Å²) in [5, 5.41) is 2.88. The fourth-order valence-electron chi connectivity index (χ4n) is 2.87. The number of aryl methyl sites for hydroxylation is 1. The molecule has 2 heterocycles. The SMILES string of the molecule is CCc1cccnc1CN1CCC(=O)NC(C2CC2)C1=O. The largest absolute Gasteiger partial charge is 0.344 e. The maximum atomic E-state index is 12.7. The lowest BCUT2D eigenvalue weighted by Gasteiger charge is -2.24. The van der Waals surface area contributed by atoms with E-state index in [0.29, 0.717) is 25.4 Å². The molecule has 1 aliphatic heterocycles. The third-order valence-corrected chi connectivity index (χ3v) is 4.30. The van der Waals surface area contributed by atoms with E-state index in [0.717, 1.165) is 30.5 Å². The number of rotatable bonds is 4. The summed E-state index contributed by atoms with van der Waals surface area (Å²) in [5.74, 6) is 0.368. The molecule has 2 fully saturated rings.